The summed E-state index contributed by atoms with van der Waals surface area (Å²) in [5, 5.41) is 9.31. The van der Waals surface area contributed by atoms with Gasteiger partial charge >= 0.3 is 0 Å². The van der Waals surface area contributed by atoms with Gasteiger partial charge in [-0.25, -0.2) is 19.3 Å². The van der Waals surface area contributed by atoms with Crippen molar-refractivity contribution in [3.63, 3.8) is 0 Å². The van der Waals surface area contributed by atoms with Gasteiger partial charge in [-0.3, -0.25) is 0 Å². The average molecular weight is 403 g/mol. The van der Waals surface area contributed by atoms with E-state index in [0.29, 0.717) is 11.1 Å². The second kappa shape index (κ2) is 7.69. The molecule has 0 atom stereocenters. The zero-order valence-electron chi connectivity index (χ0n) is 15.5. The van der Waals surface area contributed by atoms with Crippen LogP contribution in [0.1, 0.15) is 11.3 Å². The molecule has 2 aromatic carbocycles. The molecule has 0 saturated carbocycles. The molecular formula is C22H18FN5S. The number of aromatic nitrogens is 3. The van der Waals surface area contributed by atoms with Gasteiger partial charge in [-0.05, 0) is 24.3 Å². The number of thiazole rings is 1. The number of anilines is 2. The highest BCUT2D eigenvalue weighted by atomic mass is 32.1. The van der Waals surface area contributed by atoms with Crippen molar-refractivity contribution < 1.29 is 4.39 Å². The molecule has 0 aliphatic carbocycles. The van der Waals surface area contributed by atoms with E-state index in [1.807, 2.05) is 23.6 Å². The fourth-order valence-corrected chi connectivity index (χ4v) is 4.13. The first-order valence-corrected chi connectivity index (χ1v) is 10.3. The van der Waals surface area contributed by atoms with Gasteiger partial charge in [0.1, 0.15) is 5.82 Å². The van der Waals surface area contributed by atoms with Gasteiger partial charge in [0.2, 0.25) is 5.95 Å². The van der Waals surface area contributed by atoms with Crippen molar-refractivity contribution in [2.75, 3.05) is 11.9 Å². The van der Waals surface area contributed by atoms with Crippen molar-refractivity contribution in [3.05, 3.63) is 77.1 Å². The second-order valence-electron chi connectivity index (χ2n) is 6.78. The maximum Gasteiger partial charge on any atom is 0.229 e. The van der Waals surface area contributed by atoms with E-state index < -0.39 is 0 Å². The highest BCUT2D eigenvalue weighted by molar-refractivity contribution is 7.14. The standard InChI is InChI=1S/C22H18FN5S/c23-16-8-6-14(7-9-16)19-13-29-22(26-19)28-21-25-18-10-11-24-12-17(18)20(27-21)15-4-2-1-3-5-15/h1-9,13,24H,10-12H2,(H,25,26,27,28). The molecule has 0 amide bonds. The van der Waals surface area contributed by atoms with E-state index in [1.165, 1.54) is 23.5 Å². The smallest absolute Gasteiger partial charge is 0.229 e. The van der Waals surface area contributed by atoms with Gasteiger partial charge < -0.3 is 10.6 Å². The minimum Gasteiger partial charge on any atom is -0.312 e. The lowest BCUT2D eigenvalue weighted by atomic mass is 10.0. The lowest BCUT2D eigenvalue weighted by Crippen LogP contribution is -2.26. The van der Waals surface area contributed by atoms with Crippen LogP contribution in [0.25, 0.3) is 22.5 Å². The molecule has 0 radical (unpaired) electrons. The molecule has 5 nitrogen and oxygen atoms in total. The van der Waals surface area contributed by atoms with Crippen LogP contribution < -0.4 is 10.6 Å². The molecule has 29 heavy (non-hydrogen) atoms. The number of fused-ring (bicyclic) bond motifs is 1. The lowest BCUT2D eigenvalue weighted by molar-refractivity contribution is 0.628. The number of halogens is 1. The van der Waals surface area contributed by atoms with Crippen LogP contribution >= 0.6 is 11.3 Å². The van der Waals surface area contributed by atoms with Crippen molar-refractivity contribution in [2.45, 2.75) is 13.0 Å². The molecular weight excluding hydrogens is 385 g/mol. The molecule has 0 bridgehead atoms. The maximum absolute atomic E-state index is 13.2. The molecule has 4 aromatic rings. The molecule has 7 heteroatoms. The van der Waals surface area contributed by atoms with E-state index in [-0.39, 0.29) is 5.82 Å². The van der Waals surface area contributed by atoms with Gasteiger partial charge in [-0.2, -0.15) is 0 Å². The first kappa shape index (κ1) is 17.9. The van der Waals surface area contributed by atoms with Gasteiger partial charge in [0, 0.05) is 41.6 Å². The van der Waals surface area contributed by atoms with Gasteiger partial charge in [0.05, 0.1) is 17.1 Å². The maximum atomic E-state index is 13.2. The van der Waals surface area contributed by atoms with Crippen molar-refractivity contribution in [1.29, 1.82) is 0 Å². The van der Waals surface area contributed by atoms with Crippen molar-refractivity contribution >= 4 is 22.4 Å². The third-order valence-corrected chi connectivity index (χ3v) is 5.60. The molecule has 0 spiro atoms. The predicted octanol–water partition coefficient (Wildman–Crippen LogP) is 4.80. The molecule has 1 aliphatic rings. The topological polar surface area (TPSA) is 62.7 Å². The summed E-state index contributed by atoms with van der Waals surface area (Å²) in [7, 11) is 0. The molecule has 0 unspecified atom stereocenters. The Hall–Kier alpha value is -3.16. The Kier molecular flexibility index (Phi) is 4.75. The van der Waals surface area contributed by atoms with E-state index in [0.717, 1.165) is 53.3 Å². The zero-order valence-corrected chi connectivity index (χ0v) is 16.3. The summed E-state index contributed by atoms with van der Waals surface area (Å²) in [5.74, 6) is 0.289. The summed E-state index contributed by atoms with van der Waals surface area (Å²) in [6.45, 7) is 1.68. The van der Waals surface area contributed by atoms with Crippen molar-refractivity contribution in [1.82, 2.24) is 20.3 Å². The third kappa shape index (κ3) is 3.74. The van der Waals surface area contributed by atoms with E-state index in [9.17, 15) is 4.39 Å². The summed E-state index contributed by atoms with van der Waals surface area (Å²) in [4.78, 5) is 14.2. The molecule has 2 N–H and O–H groups in total. The number of nitrogens with zero attached hydrogens (tertiary/aromatic N) is 3. The number of hydrogen-bond acceptors (Lipinski definition) is 6. The van der Waals surface area contributed by atoms with Crippen LogP contribution in [0, 0.1) is 5.82 Å². The van der Waals surface area contributed by atoms with Gasteiger partial charge in [-0.15, -0.1) is 11.3 Å². The Morgan fingerprint density at radius 2 is 1.76 bits per heavy atom. The van der Waals surface area contributed by atoms with E-state index in [2.05, 4.69) is 27.8 Å². The van der Waals surface area contributed by atoms with Crippen LogP contribution in [-0.2, 0) is 13.0 Å². The largest absolute Gasteiger partial charge is 0.312 e. The molecule has 0 fully saturated rings. The van der Waals surface area contributed by atoms with Crippen LogP contribution in [0.2, 0.25) is 0 Å². The van der Waals surface area contributed by atoms with E-state index in [4.69, 9.17) is 9.97 Å². The van der Waals surface area contributed by atoms with Crippen molar-refractivity contribution in [2.24, 2.45) is 0 Å². The van der Waals surface area contributed by atoms with Gasteiger partial charge in [0.25, 0.3) is 0 Å². The van der Waals surface area contributed by atoms with Gasteiger partial charge in [-0.1, -0.05) is 30.3 Å². The molecule has 144 valence electrons. The summed E-state index contributed by atoms with van der Waals surface area (Å²) < 4.78 is 13.2. The number of benzene rings is 2. The first-order valence-electron chi connectivity index (χ1n) is 9.41. The fraction of sp³-hybridized carbons (Fsp3) is 0.136. The number of nitrogens with one attached hydrogen (secondary N) is 2. The molecule has 2 aromatic heterocycles. The summed E-state index contributed by atoms with van der Waals surface area (Å²) in [6, 6.07) is 16.5. The Morgan fingerprint density at radius 1 is 0.931 bits per heavy atom. The summed E-state index contributed by atoms with van der Waals surface area (Å²) in [6.07, 6.45) is 0.866. The molecule has 0 saturated heterocycles. The SMILES string of the molecule is Fc1ccc(-c2csc(Nc3nc4c(c(-c5ccccc5)n3)CNCC4)n2)cc1. The van der Waals surface area contributed by atoms with Crippen LogP contribution in [0.5, 0.6) is 0 Å². The second-order valence-corrected chi connectivity index (χ2v) is 7.64. The third-order valence-electron chi connectivity index (χ3n) is 4.84. The van der Waals surface area contributed by atoms with Gasteiger partial charge in [0.15, 0.2) is 5.13 Å². The van der Waals surface area contributed by atoms with E-state index >= 15 is 0 Å². The fourth-order valence-electron chi connectivity index (χ4n) is 3.41. The van der Waals surface area contributed by atoms with Crippen LogP contribution in [0.15, 0.2) is 60.0 Å². The zero-order chi connectivity index (χ0) is 19.6. The van der Waals surface area contributed by atoms with E-state index in [1.54, 1.807) is 12.1 Å². The highest BCUT2D eigenvalue weighted by Crippen LogP contribution is 2.30. The monoisotopic (exact) mass is 403 g/mol. The average Bonchev–Trinajstić information content (AvgIpc) is 3.23. The number of hydrogen-bond donors (Lipinski definition) is 2. The minimum atomic E-state index is -0.257. The molecule has 5 rings (SSSR count). The minimum absolute atomic E-state index is 0.257. The summed E-state index contributed by atoms with van der Waals surface area (Å²) >= 11 is 1.47. The summed E-state index contributed by atoms with van der Waals surface area (Å²) in [5.41, 5.74) is 5.90. The van der Waals surface area contributed by atoms with Crippen LogP contribution in [-0.4, -0.2) is 21.5 Å². The van der Waals surface area contributed by atoms with Crippen molar-refractivity contribution in [3.8, 4) is 22.5 Å². The quantitative estimate of drug-likeness (QED) is 0.513. The highest BCUT2D eigenvalue weighted by Gasteiger charge is 2.19. The normalized spacial score (nSPS) is 13.1. The molecule has 1 aliphatic heterocycles. The Morgan fingerprint density at radius 3 is 2.59 bits per heavy atom. The van der Waals surface area contributed by atoms with Crippen LogP contribution in [0.3, 0.4) is 0 Å². The van der Waals surface area contributed by atoms with Crippen LogP contribution in [0.4, 0.5) is 15.5 Å². The Labute approximate surface area is 171 Å². The lowest BCUT2D eigenvalue weighted by Gasteiger charge is -2.20. The Balaban J connectivity index is 1.48. The number of rotatable bonds is 4. The first-order chi connectivity index (χ1) is 14.3. The predicted molar refractivity (Wildman–Crippen MR) is 114 cm³/mol. The molecule has 3 heterocycles. The Bertz CT molecular complexity index is 1140.